The van der Waals surface area contributed by atoms with Gasteiger partial charge in [-0.3, -0.25) is 19.1 Å². The van der Waals surface area contributed by atoms with Gasteiger partial charge in [0.05, 0.1) is 17.4 Å². The lowest BCUT2D eigenvalue weighted by atomic mass is 9.45. The third-order valence-electron chi connectivity index (χ3n) is 8.87. The van der Waals surface area contributed by atoms with Crippen LogP contribution in [0.2, 0.25) is 0 Å². The fourth-order valence-electron chi connectivity index (χ4n) is 6.30. The first-order chi connectivity index (χ1) is 17.3. The largest absolute Gasteiger partial charge is 0.458 e. The van der Waals surface area contributed by atoms with E-state index in [1.165, 1.54) is 13.8 Å². The van der Waals surface area contributed by atoms with E-state index in [-0.39, 0.29) is 23.7 Å². The number of hydrogen-bond donors (Lipinski definition) is 1. The topological polar surface area (TPSA) is 108 Å². The van der Waals surface area contributed by atoms with Crippen LogP contribution in [0.15, 0.2) is 36.0 Å². The summed E-state index contributed by atoms with van der Waals surface area (Å²) in [5, 5.41) is 11.7. The highest BCUT2D eigenvalue weighted by atomic mass is 16.8. The van der Waals surface area contributed by atoms with E-state index in [1.54, 1.807) is 12.2 Å². The van der Waals surface area contributed by atoms with E-state index in [0.717, 1.165) is 5.57 Å². The Morgan fingerprint density at radius 1 is 1.19 bits per heavy atom. The number of rotatable bonds is 8. The summed E-state index contributed by atoms with van der Waals surface area (Å²) in [4.78, 5) is 37.0. The van der Waals surface area contributed by atoms with Crippen LogP contribution in [0.25, 0.3) is 0 Å². The molecular weight excluding hydrogens is 476 g/mol. The summed E-state index contributed by atoms with van der Waals surface area (Å²) in [6.45, 7) is 16.4. The van der Waals surface area contributed by atoms with E-state index in [4.69, 9.17) is 18.9 Å². The summed E-state index contributed by atoms with van der Waals surface area (Å²) in [5.74, 6) is -1.99. The maximum Gasteiger partial charge on any atom is 0.309 e. The van der Waals surface area contributed by atoms with Gasteiger partial charge in [0, 0.05) is 19.4 Å². The van der Waals surface area contributed by atoms with Crippen molar-refractivity contribution >= 4 is 17.9 Å². The molecule has 8 heteroatoms. The Labute approximate surface area is 220 Å². The van der Waals surface area contributed by atoms with Gasteiger partial charge in [-0.2, -0.15) is 0 Å². The predicted octanol–water partition coefficient (Wildman–Crippen LogP) is 4.62. The number of aliphatic hydroxyl groups is 1. The lowest BCUT2D eigenvalue weighted by Crippen LogP contribution is -2.63. The molecule has 1 saturated carbocycles. The van der Waals surface area contributed by atoms with Crippen molar-refractivity contribution in [3.63, 3.8) is 0 Å². The Morgan fingerprint density at radius 3 is 2.41 bits per heavy atom. The molecule has 1 N–H and O–H groups in total. The van der Waals surface area contributed by atoms with E-state index < -0.39 is 47.6 Å². The standard InChI is InChI=1S/C29H42O8/c1-9-16(3)11-12-28(8)18(5)13-24(32)29-22(26(34-19(6)30)37-27(29)35-20(7)31)14-21(15-23(28)29)36-25(33)17(4)10-2/h9,11,14,17-18,21,23-24,26-27,32H,1,10,12-13,15H2,2-8H3/b16-11+/t17-,18-,21-,23+,24+,26+,27-,28-,29-/m0/s1. The predicted molar refractivity (Wildman–Crippen MR) is 137 cm³/mol. The Hall–Kier alpha value is -2.45. The molecule has 1 spiro atoms. The molecule has 0 amide bonds. The third-order valence-corrected chi connectivity index (χ3v) is 8.87. The number of carbonyl (C=O) groups is 3. The molecule has 0 unspecified atom stereocenters. The summed E-state index contributed by atoms with van der Waals surface area (Å²) in [5.41, 5.74) is -0.0572. The van der Waals surface area contributed by atoms with E-state index in [1.807, 2.05) is 20.8 Å². The molecule has 0 bridgehead atoms. The summed E-state index contributed by atoms with van der Waals surface area (Å²) in [6, 6.07) is 0. The molecule has 9 atom stereocenters. The van der Waals surface area contributed by atoms with E-state index in [0.29, 0.717) is 31.3 Å². The number of allylic oxidation sites excluding steroid dienone is 3. The zero-order valence-corrected chi connectivity index (χ0v) is 23.1. The summed E-state index contributed by atoms with van der Waals surface area (Å²) < 4.78 is 23.2. The van der Waals surface area contributed by atoms with Crippen LogP contribution < -0.4 is 0 Å². The third kappa shape index (κ3) is 5.28. The molecule has 0 aromatic rings. The number of ether oxygens (including phenoxy) is 4. The highest BCUT2D eigenvalue weighted by Gasteiger charge is 2.71. The molecule has 0 radical (unpaired) electrons. The molecule has 3 rings (SSSR count). The molecule has 1 saturated heterocycles. The quantitative estimate of drug-likeness (QED) is 0.215. The van der Waals surface area contributed by atoms with Crippen LogP contribution in [0.4, 0.5) is 0 Å². The highest BCUT2D eigenvalue weighted by molar-refractivity contribution is 5.72. The molecule has 1 aliphatic heterocycles. The summed E-state index contributed by atoms with van der Waals surface area (Å²) in [7, 11) is 0. The lowest BCUT2D eigenvalue weighted by molar-refractivity contribution is -0.254. The molecule has 2 aliphatic carbocycles. The maximum absolute atomic E-state index is 12.8. The van der Waals surface area contributed by atoms with Crippen LogP contribution >= 0.6 is 0 Å². The number of hydrogen-bond acceptors (Lipinski definition) is 8. The van der Waals surface area contributed by atoms with Gasteiger partial charge < -0.3 is 19.3 Å². The second kappa shape index (κ2) is 11.1. The average Bonchev–Trinajstić information content (AvgIpc) is 3.12. The molecule has 0 aromatic heterocycles. The van der Waals surface area contributed by atoms with Crippen molar-refractivity contribution in [2.45, 2.75) is 98.9 Å². The van der Waals surface area contributed by atoms with Crippen LogP contribution in [-0.4, -0.2) is 47.8 Å². The fraction of sp³-hybridized carbons (Fsp3) is 0.690. The molecule has 3 aliphatic rings. The van der Waals surface area contributed by atoms with Crippen LogP contribution in [-0.2, 0) is 33.3 Å². The van der Waals surface area contributed by atoms with E-state index in [9.17, 15) is 19.5 Å². The van der Waals surface area contributed by atoms with Gasteiger partial charge in [0.2, 0.25) is 12.6 Å². The molecule has 8 nitrogen and oxygen atoms in total. The minimum absolute atomic E-state index is 0.0722. The normalized spacial score (nSPS) is 37.9. The zero-order valence-electron chi connectivity index (χ0n) is 23.1. The van der Waals surface area contributed by atoms with Gasteiger partial charge in [0.25, 0.3) is 0 Å². The minimum atomic E-state index is -1.17. The van der Waals surface area contributed by atoms with Crippen molar-refractivity contribution in [2.75, 3.05) is 0 Å². The van der Waals surface area contributed by atoms with Gasteiger partial charge in [-0.15, -0.1) is 0 Å². The monoisotopic (exact) mass is 518 g/mol. The van der Waals surface area contributed by atoms with E-state index in [2.05, 4.69) is 26.5 Å². The maximum atomic E-state index is 12.8. The van der Waals surface area contributed by atoms with Crippen molar-refractivity contribution in [3.8, 4) is 0 Å². The number of carbonyl (C=O) groups excluding carboxylic acids is 3. The average molecular weight is 519 g/mol. The smallest absolute Gasteiger partial charge is 0.309 e. The molecule has 37 heavy (non-hydrogen) atoms. The second-order valence-electron chi connectivity index (χ2n) is 11.2. The van der Waals surface area contributed by atoms with Gasteiger partial charge in [-0.1, -0.05) is 52.0 Å². The van der Waals surface area contributed by atoms with Gasteiger partial charge in [-0.25, -0.2) is 0 Å². The van der Waals surface area contributed by atoms with Gasteiger partial charge in [0.1, 0.15) is 6.10 Å². The van der Waals surface area contributed by atoms with Crippen LogP contribution in [0, 0.1) is 28.6 Å². The van der Waals surface area contributed by atoms with Crippen molar-refractivity contribution in [2.24, 2.45) is 28.6 Å². The van der Waals surface area contributed by atoms with Crippen LogP contribution in [0.5, 0.6) is 0 Å². The Kier molecular flexibility index (Phi) is 8.75. The van der Waals surface area contributed by atoms with Gasteiger partial charge in [0.15, 0.2) is 0 Å². The summed E-state index contributed by atoms with van der Waals surface area (Å²) in [6.07, 6.45) is 3.89. The van der Waals surface area contributed by atoms with Crippen molar-refractivity contribution < 1.29 is 38.4 Å². The highest BCUT2D eigenvalue weighted by Crippen LogP contribution is 2.67. The van der Waals surface area contributed by atoms with Crippen molar-refractivity contribution in [3.05, 3.63) is 36.0 Å². The molecule has 0 aromatic carbocycles. The SMILES string of the molecule is C=C/C(C)=C/C[C@]1(C)[C@H]2C[C@@H](OC(=O)[C@@H](C)CC)C=C3[C@H](OC(C)=O)O[C@H](OC(C)=O)[C@@]32[C@H](O)C[C@@H]1C. The lowest BCUT2D eigenvalue weighted by Gasteiger charge is -2.60. The first-order valence-electron chi connectivity index (χ1n) is 13.2. The van der Waals surface area contributed by atoms with E-state index >= 15 is 0 Å². The Balaban J connectivity index is 2.21. The molecule has 1 heterocycles. The van der Waals surface area contributed by atoms with Crippen molar-refractivity contribution in [1.29, 1.82) is 0 Å². The van der Waals surface area contributed by atoms with Gasteiger partial charge in [-0.05, 0) is 55.9 Å². The van der Waals surface area contributed by atoms with Crippen molar-refractivity contribution in [1.82, 2.24) is 0 Å². The van der Waals surface area contributed by atoms with Crippen LogP contribution in [0.1, 0.15) is 74.1 Å². The first-order valence-corrected chi connectivity index (χ1v) is 13.2. The fourth-order valence-corrected chi connectivity index (χ4v) is 6.30. The Bertz CT molecular complexity index is 982. The summed E-state index contributed by atoms with van der Waals surface area (Å²) >= 11 is 0. The molecule has 2 fully saturated rings. The second-order valence-corrected chi connectivity index (χ2v) is 11.2. The first kappa shape index (κ1) is 29.1. The molecule has 206 valence electrons. The van der Waals surface area contributed by atoms with Crippen LogP contribution in [0.3, 0.4) is 0 Å². The van der Waals surface area contributed by atoms with Gasteiger partial charge >= 0.3 is 17.9 Å². The number of aliphatic hydroxyl groups excluding tert-OH is 1. The number of esters is 3. The molecular formula is C29H42O8. The minimum Gasteiger partial charge on any atom is -0.458 e. The zero-order chi connectivity index (χ0) is 27.7. The Morgan fingerprint density at radius 2 is 1.84 bits per heavy atom.